The second-order valence-electron chi connectivity index (χ2n) is 5.21. The van der Waals surface area contributed by atoms with Crippen LogP contribution in [-0.2, 0) is 6.42 Å². The number of nitrogen functional groups attached to an aromatic ring is 1. The van der Waals surface area contributed by atoms with Gasteiger partial charge in [0.2, 0.25) is 0 Å². The minimum absolute atomic E-state index is 0.0450. The minimum Gasteiger partial charge on any atom is -0.384 e. The molecule has 5 nitrogen and oxygen atoms in total. The topological polar surface area (TPSA) is 72.1 Å². The molecular formula is C16H20N4O. The van der Waals surface area contributed by atoms with Crippen molar-refractivity contribution in [3.8, 4) is 0 Å². The number of nitrogens with two attached hydrogens (primary N) is 1. The standard InChI is InChI=1S/C16H20N4O/c1-11-5-4-8-18-14(11)9-12(2)20(3)16(21)13-6-7-15(17)19-10-13/h4-8,10,12H,9H2,1-3H3,(H2,17,19)/t12-/m0/s1. The van der Waals surface area contributed by atoms with Crippen LogP contribution in [0, 0.1) is 6.92 Å². The SMILES string of the molecule is Cc1cccnc1C[C@H](C)N(C)C(=O)c1ccc(N)nc1. The molecule has 0 bridgehead atoms. The molecule has 0 aliphatic rings. The monoisotopic (exact) mass is 284 g/mol. The fraction of sp³-hybridized carbons (Fsp3) is 0.312. The molecular weight excluding hydrogens is 264 g/mol. The average molecular weight is 284 g/mol. The van der Waals surface area contributed by atoms with Gasteiger partial charge in [0.1, 0.15) is 5.82 Å². The Bertz CT molecular complexity index is 624. The molecule has 2 rings (SSSR count). The summed E-state index contributed by atoms with van der Waals surface area (Å²) < 4.78 is 0. The lowest BCUT2D eigenvalue weighted by atomic mass is 10.1. The fourth-order valence-electron chi connectivity index (χ4n) is 2.08. The number of pyridine rings is 2. The van der Waals surface area contributed by atoms with E-state index in [2.05, 4.69) is 9.97 Å². The van der Waals surface area contributed by atoms with E-state index in [1.54, 1.807) is 30.3 Å². The predicted molar refractivity (Wildman–Crippen MR) is 82.9 cm³/mol. The van der Waals surface area contributed by atoms with Crippen LogP contribution in [-0.4, -0.2) is 33.9 Å². The predicted octanol–water partition coefficient (Wildman–Crippen LogP) is 2.07. The van der Waals surface area contributed by atoms with Gasteiger partial charge in [-0.25, -0.2) is 4.98 Å². The second-order valence-corrected chi connectivity index (χ2v) is 5.21. The van der Waals surface area contributed by atoms with Crippen molar-refractivity contribution in [1.29, 1.82) is 0 Å². The Hall–Kier alpha value is -2.43. The molecule has 2 aromatic heterocycles. The van der Waals surface area contributed by atoms with Gasteiger partial charge < -0.3 is 10.6 Å². The first-order valence-corrected chi connectivity index (χ1v) is 6.88. The maximum Gasteiger partial charge on any atom is 0.255 e. The zero-order chi connectivity index (χ0) is 15.4. The van der Waals surface area contributed by atoms with Gasteiger partial charge in [0.25, 0.3) is 5.91 Å². The van der Waals surface area contributed by atoms with Crippen LogP contribution in [0.5, 0.6) is 0 Å². The van der Waals surface area contributed by atoms with Gasteiger partial charge in [0.05, 0.1) is 5.56 Å². The van der Waals surface area contributed by atoms with Crippen molar-refractivity contribution in [1.82, 2.24) is 14.9 Å². The third kappa shape index (κ3) is 3.56. The average Bonchev–Trinajstić information content (AvgIpc) is 2.49. The molecule has 1 amide bonds. The second kappa shape index (κ2) is 6.35. The van der Waals surface area contributed by atoms with Crippen molar-refractivity contribution in [3.05, 3.63) is 53.5 Å². The maximum atomic E-state index is 12.4. The van der Waals surface area contributed by atoms with E-state index in [-0.39, 0.29) is 11.9 Å². The molecule has 0 aliphatic heterocycles. The smallest absolute Gasteiger partial charge is 0.255 e. The van der Waals surface area contributed by atoms with Gasteiger partial charge in [-0.2, -0.15) is 0 Å². The molecule has 5 heteroatoms. The maximum absolute atomic E-state index is 12.4. The molecule has 0 spiro atoms. The Kier molecular flexibility index (Phi) is 4.52. The molecule has 0 saturated carbocycles. The van der Waals surface area contributed by atoms with Crippen LogP contribution in [0.2, 0.25) is 0 Å². The molecule has 110 valence electrons. The Labute approximate surface area is 124 Å². The van der Waals surface area contributed by atoms with Crippen LogP contribution < -0.4 is 5.73 Å². The number of carbonyl (C=O) groups excluding carboxylic acids is 1. The number of hydrogen-bond donors (Lipinski definition) is 1. The zero-order valence-corrected chi connectivity index (χ0v) is 12.6. The highest BCUT2D eigenvalue weighted by molar-refractivity contribution is 5.94. The Balaban J connectivity index is 2.08. The molecule has 0 aromatic carbocycles. The Morgan fingerprint density at radius 3 is 2.71 bits per heavy atom. The van der Waals surface area contributed by atoms with Crippen LogP contribution >= 0.6 is 0 Å². The number of likely N-dealkylation sites (N-methyl/N-ethyl adjacent to an activating group) is 1. The van der Waals surface area contributed by atoms with Crippen molar-refractivity contribution in [2.75, 3.05) is 12.8 Å². The van der Waals surface area contributed by atoms with Crippen molar-refractivity contribution in [3.63, 3.8) is 0 Å². The van der Waals surface area contributed by atoms with Crippen molar-refractivity contribution >= 4 is 11.7 Å². The summed E-state index contributed by atoms with van der Waals surface area (Å²) in [5.41, 5.74) is 8.23. The van der Waals surface area contributed by atoms with E-state index < -0.39 is 0 Å². The number of anilines is 1. The van der Waals surface area contributed by atoms with E-state index in [0.29, 0.717) is 11.4 Å². The van der Waals surface area contributed by atoms with E-state index >= 15 is 0 Å². The lowest BCUT2D eigenvalue weighted by molar-refractivity contribution is 0.0742. The molecule has 2 heterocycles. The van der Waals surface area contributed by atoms with E-state index in [0.717, 1.165) is 17.7 Å². The van der Waals surface area contributed by atoms with Crippen LogP contribution in [0.1, 0.15) is 28.5 Å². The summed E-state index contributed by atoms with van der Waals surface area (Å²) in [4.78, 5) is 22.4. The molecule has 0 saturated heterocycles. The molecule has 1 atom stereocenters. The minimum atomic E-state index is -0.0661. The van der Waals surface area contributed by atoms with Crippen LogP contribution in [0.3, 0.4) is 0 Å². The summed E-state index contributed by atoms with van der Waals surface area (Å²) in [6, 6.07) is 7.32. The molecule has 2 N–H and O–H groups in total. The summed E-state index contributed by atoms with van der Waals surface area (Å²) in [7, 11) is 1.79. The number of nitrogens with zero attached hydrogens (tertiary/aromatic N) is 3. The summed E-state index contributed by atoms with van der Waals surface area (Å²) in [6.07, 6.45) is 4.00. The summed E-state index contributed by atoms with van der Waals surface area (Å²) >= 11 is 0. The first kappa shape index (κ1) is 15.0. The van der Waals surface area contributed by atoms with Crippen LogP contribution in [0.4, 0.5) is 5.82 Å². The van der Waals surface area contributed by atoms with Crippen molar-refractivity contribution < 1.29 is 4.79 Å². The Morgan fingerprint density at radius 1 is 1.33 bits per heavy atom. The number of aromatic nitrogens is 2. The molecule has 0 aliphatic carbocycles. The number of amides is 1. The number of carbonyl (C=O) groups is 1. The van der Waals surface area contributed by atoms with Gasteiger partial charge in [-0.3, -0.25) is 9.78 Å². The lowest BCUT2D eigenvalue weighted by Gasteiger charge is -2.25. The zero-order valence-electron chi connectivity index (χ0n) is 12.6. The quantitative estimate of drug-likeness (QED) is 0.933. The normalized spacial score (nSPS) is 12.0. The first-order valence-electron chi connectivity index (χ1n) is 6.88. The number of aryl methyl sites for hydroxylation is 1. The summed E-state index contributed by atoms with van der Waals surface area (Å²) in [6.45, 7) is 4.04. The first-order chi connectivity index (χ1) is 9.99. The highest BCUT2D eigenvalue weighted by atomic mass is 16.2. The van der Waals surface area contributed by atoms with Gasteiger partial charge in [0, 0.05) is 37.6 Å². The van der Waals surface area contributed by atoms with Crippen molar-refractivity contribution in [2.45, 2.75) is 26.3 Å². The van der Waals surface area contributed by atoms with Gasteiger partial charge >= 0.3 is 0 Å². The molecule has 0 radical (unpaired) electrons. The van der Waals surface area contributed by atoms with Gasteiger partial charge in [-0.15, -0.1) is 0 Å². The van der Waals surface area contributed by atoms with Gasteiger partial charge in [-0.1, -0.05) is 6.07 Å². The summed E-state index contributed by atoms with van der Waals surface area (Å²) in [5, 5.41) is 0. The van der Waals surface area contributed by atoms with Gasteiger partial charge in [0.15, 0.2) is 0 Å². The molecule has 2 aromatic rings. The largest absolute Gasteiger partial charge is 0.384 e. The molecule has 0 fully saturated rings. The summed E-state index contributed by atoms with van der Waals surface area (Å²) in [5.74, 6) is 0.343. The number of hydrogen-bond acceptors (Lipinski definition) is 4. The Morgan fingerprint density at radius 2 is 2.10 bits per heavy atom. The van der Waals surface area contributed by atoms with E-state index in [4.69, 9.17) is 5.73 Å². The lowest BCUT2D eigenvalue weighted by Crippen LogP contribution is -2.36. The van der Waals surface area contributed by atoms with E-state index in [9.17, 15) is 4.79 Å². The third-order valence-electron chi connectivity index (χ3n) is 3.62. The fourth-order valence-corrected chi connectivity index (χ4v) is 2.08. The third-order valence-corrected chi connectivity index (χ3v) is 3.62. The van der Waals surface area contributed by atoms with Crippen LogP contribution in [0.15, 0.2) is 36.7 Å². The highest BCUT2D eigenvalue weighted by Crippen LogP contribution is 2.12. The molecule has 21 heavy (non-hydrogen) atoms. The van der Waals surface area contributed by atoms with Crippen molar-refractivity contribution in [2.24, 2.45) is 0 Å². The van der Waals surface area contributed by atoms with Gasteiger partial charge in [-0.05, 0) is 37.6 Å². The number of rotatable bonds is 4. The van der Waals surface area contributed by atoms with E-state index in [1.165, 1.54) is 6.20 Å². The highest BCUT2D eigenvalue weighted by Gasteiger charge is 2.19. The molecule has 0 unspecified atom stereocenters. The van der Waals surface area contributed by atoms with E-state index in [1.807, 2.05) is 26.0 Å². The van der Waals surface area contributed by atoms with Crippen LogP contribution in [0.25, 0.3) is 0 Å².